The van der Waals surface area contributed by atoms with Gasteiger partial charge in [-0.05, 0) is 41.3 Å². The molecule has 0 radical (unpaired) electrons. The SMILES string of the molecule is O=C(c1ccccc1)N1N=C(c2cccs2)C[C@@H]1c1cccc(O)c1. The Bertz CT molecular complexity index is 920. The molecule has 1 aliphatic rings. The molecule has 25 heavy (non-hydrogen) atoms. The van der Waals surface area contributed by atoms with Crippen LogP contribution in [0.4, 0.5) is 0 Å². The van der Waals surface area contributed by atoms with Gasteiger partial charge in [0.15, 0.2) is 0 Å². The average Bonchev–Trinajstić information content (AvgIpc) is 3.31. The monoisotopic (exact) mass is 348 g/mol. The number of phenolic OH excluding ortho intramolecular Hbond substituents is 1. The summed E-state index contributed by atoms with van der Waals surface area (Å²) >= 11 is 1.61. The summed E-state index contributed by atoms with van der Waals surface area (Å²) in [5.41, 5.74) is 2.37. The van der Waals surface area contributed by atoms with Crippen molar-refractivity contribution in [3.8, 4) is 5.75 Å². The maximum atomic E-state index is 13.0. The highest BCUT2D eigenvalue weighted by molar-refractivity contribution is 7.12. The molecule has 2 heterocycles. The lowest BCUT2D eigenvalue weighted by Crippen LogP contribution is -2.27. The predicted molar refractivity (Wildman–Crippen MR) is 98.9 cm³/mol. The van der Waals surface area contributed by atoms with E-state index in [2.05, 4.69) is 5.10 Å². The highest BCUT2D eigenvalue weighted by Gasteiger charge is 2.34. The highest BCUT2D eigenvalue weighted by atomic mass is 32.1. The molecule has 1 N–H and O–H groups in total. The Hall–Kier alpha value is -2.92. The normalized spacial score (nSPS) is 16.7. The highest BCUT2D eigenvalue weighted by Crippen LogP contribution is 2.35. The van der Waals surface area contributed by atoms with Crippen molar-refractivity contribution in [3.05, 3.63) is 88.1 Å². The van der Waals surface area contributed by atoms with E-state index in [-0.39, 0.29) is 17.7 Å². The van der Waals surface area contributed by atoms with Gasteiger partial charge in [0.25, 0.3) is 5.91 Å². The Balaban J connectivity index is 1.74. The number of hydrogen-bond donors (Lipinski definition) is 1. The van der Waals surface area contributed by atoms with Crippen molar-refractivity contribution < 1.29 is 9.90 Å². The lowest BCUT2D eigenvalue weighted by atomic mass is 10.0. The van der Waals surface area contributed by atoms with Crippen molar-refractivity contribution in [1.29, 1.82) is 0 Å². The Morgan fingerprint density at radius 1 is 1.08 bits per heavy atom. The Morgan fingerprint density at radius 3 is 2.64 bits per heavy atom. The zero-order valence-corrected chi connectivity index (χ0v) is 14.2. The van der Waals surface area contributed by atoms with Crippen LogP contribution < -0.4 is 0 Å². The second kappa shape index (κ2) is 6.53. The van der Waals surface area contributed by atoms with Gasteiger partial charge in [-0.1, -0.05) is 36.4 Å². The van der Waals surface area contributed by atoms with Crippen molar-refractivity contribution in [3.63, 3.8) is 0 Å². The number of amides is 1. The first-order valence-electron chi connectivity index (χ1n) is 8.01. The van der Waals surface area contributed by atoms with Crippen LogP contribution in [-0.2, 0) is 0 Å². The van der Waals surface area contributed by atoms with E-state index in [9.17, 15) is 9.90 Å². The van der Waals surface area contributed by atoms with E-state index in [1.807, 2.05) is 41.8 Å². The summed E-state index contributed by atoms with van der Waals surface area (Å²) in [5, 5.41) is 18.0. The van der Waals surface area contributed by atoms with Gasteiger partial charge in [-0.2, -0.15) is 5.10 Å². The molecule has 1 atom stereocenters. The second-order valence-electron chi connectivity index (χ2n) is 5.85. The van der Waals surface area contributed by atoms with E-state index < -0.39 is 0 Å². The van der Waals surface area contributed by atoms with Crippen LogP contribution in [0.2, 0.25) is 0 Å². The molecule has 4 rings (SSSR count). The molecule has 0 saturated carbocycles. The minimum Gasteiger partial charge on any atom is -0.508 e. The van der Waals surface area contributed by atoms with Gasteiger partial charge in [0, 0.05) is 12.0 Å². The minimum atomic E-state index is -0.225. The number of phenols is 1. The molecule has 2 aromatic carbocycles. The van der Waals surface area contributed by atoms with Crippen LogP contribution in [0.5, 0.6) is 5.75 Å². The second-order valence-corrected chi connectivity index (χ2v) is 6.80. The number of carbonyl (C=O) groups excluding carboxylic acids is 1. The Kier molecular flexibility index (Phi) is 4.07. The lowest BCUT2D eigenvalue weighted by Gasteiger charge is -2.22. The first-order chi connectivity index (χ1) is 12.2. The average molecular weight is 348 g/mol. The summed E-state index contributed by atoms with van der Waals surface area (Å²) in [7, 11) is 0. The molecular formula is C20H16N2O2S. The summed E-state index contributed by atoms with van der Waals surface area (Å²) in [6.45, 7) is 0. The molecule has 4 nitrogen and oxygen atoms in total. The molecule has 1 aliphatic heterocycles. The third-order valence-electron chi connectivity index (χ3n) is 4.20. The van der Waals surface area contributed by atoms with E-state index >= 15 is 0 Å². The fourth-order valence-electron chi connectivity index (χ4n) is 2.99. The van der Waals surface area contributed by atoms with Crippen molar-refractivity contribution in [2.75, 3.05) is 0 Å². The number of aromatic hydroxyl groups is 1. The van der Waals surface area contributed by atoms with Crippen LogP contribution in [0.25, 0.3) is 0 Å². The van der Waals surface area contributed by atoms with Crippen LogP contribution in [0.15, 0.2) is 77.2 Å². The van der Waals surface area contributed by atoms with Crippen molar-refractivity contribution in [2.45, 2.75) is 12.5 Å². The van der Waals surface area contributed by atoms with Crippen LogP contribution in [0, 0.1) is 0 Å². The Morgan fingerprint density at radius 2 is 1.92 bits per heavy atom. The lowest BCUT2D eigenvalue weighted by molar-refractivity contribution is 0.0711. The summed E-state index contributed by atoms with van der Waals surface area (Å²) in [6.07, 6.45) is 0.628. The molecule has 1 amide bonds. The molecule has 5 heteroatoms. The van der Waals surface area contributed by atoms with Gasteiger partial charge in [-0.15, -0.1) is 11.3 Å². The summed E-state index contributed by atoms with van der Waals surface area (Å²) in [6, 6.07) is 20.0. The Labute approximate surface area is 149 Å². The summed E-state index contributed by atoms with van der Waals surface area (Å²) < 4.78 is 0. The van der Waals surface area contributed by atoms with Gasteiger partial charge in [0.2, 0.25) is 0 Å². The fraction of sp³-hybridized carbons (Fsp3) is 0.100. The number of hydrogen-bond acceptors (Lipinski definition) is 4. The number of thiophene rings is 1. The molecule has 3 aromatic rings. The third-order valence-corrected chi connectivity index (χ3v) is 5.12. The molecular weight excluding hydrogens is 332 g/mol. The van der Waals surface area contributed by atoms with E-state index in [0.717, 1.165) is 16.2 Å². The van der Waals surface area contributed by atoms with Gasteiger partial charge in [-0.25, -0.2) is 5.01 Å². The molecule has 0 saturated heterocycles. The maximum Gasteiger partial charge on any atom is 0.274 e. The molecule has 0 bridgehead atoms. The topological polar surface area (TPSA) is 52.9 Å². The summed E-state index contributed by atoms with van der Waals surface area (Å²) in [5.74, 6) is 0.0506. The van der Waals surface area contributed by atoms with Gasteiger partial charge in [0.05, 0.1) is 16.6 Å². The zero-order valence-electron chi connectivity index (χ0n) is 13.4. The quantitative estimate of drug-likeness (QED) is 0.760. The molecule has 124 valence electrons. The van der Waals surface area contributed by atoms with Gasteiger partial charge >= 0.3 is 0 Å². The third kappa shape index (κ3) is 3.06. The van der Waals surface area contributed by atoms with Crippen LogP contribution in [0.1, 0.15) is 33.3 Å². The van der Waals surface area contributed by atoms with E-state index in [4.69, 9.17) is 0 Å². The largest absolute Gasteiger partial charge is 0.508 e. The van der Waals surface area contributed by atoms with Crippen molar-refractivity contribution in [2.24, 2.45) is 5.10 Å². The molecule has 0 fully saturated rings. The van der Waals surface area contributed by atoms with E-state index in [0.29, 0.717) is 12.0 Å². The van der Waals surface area contributed by atoms with Crippen LogP contribution in [-0.4, -0.2) is 21.7 Å². The minimum absolute atomic E-state index is 0.138. The maximum absolute atomic E-state index is 13.0. The summed E-state index contributed by atoms with van der Waals surface area (Å²) in [4.78, 5) is 14.1. The predicted octanol–water partition coefficient (Wildman–Crippen LogP) is 4.45. The smallest absolute Gasteiger partial charge is 0.274 e. The van der Waals surface area contributed by atoms with Crippen LogP contribution in [0.3, 0.4) is 0 Å². The zero-order chi connectivity index (χ0) is 17.2. The van der Waals surface area contributed by atoms with Crippen molar-refractivity contribution >= 4 is 23.0 Å². The number of nitrogens with zero attached hydrogens (tertiary/aromatic N) is 2. The standard InChI is InChI=1S/C20H16N2O2S/c23-16-9-4-8-15(12-16)18-13-17(19-10-5-11-25-19)21-22(18)20(24)14-6-2-1-3-7-14/h1-12,18,23H,13H2/t18-/m1/s1. The van der Waals surface area contributed by atoms with Gasteiger partial charge in [-0.3, -0.25) is 4.79 Å². The number of benzene rings is 2. The number of hydrazone groups is 1. The van der Waals surface area contributed by atoms with Gasteiger partial charge < -0.3 is 5.11 Å². The van der Waals surface area contributed by atoms with Gasteiger partial charge in [0.1, 0.15) is 5.75 Å². The molecule has 0 aliphatic carbocycles. The number of rotatable bonds is 3. The molecule has 0 unspecified atom stereocenters. The number of carbonyl (C=O) groups is 1. The van der Waals surface area contributed by atoms with E-state index in [1.165, 1.54) is 0 Å². The van der Waals surface area contributed by atoms with Crippen molar-refractivity contribution in [1.82, 2.24) is 5.01 Å². The van der Waals surface area contributed by atoms with Crippen LogP contribution >= 0.6 is 11.3 Å². The first kappa shape index (κ1) is 15.6. The molecule has 0 spiro atoms. The molecule has 1 aromatic heterocycles. The van der Waals surface area contributed by atoms with E-state index in [1.54, 1.807) is 46.7 Å². The fourth-order valence-corrected chi connectivity index (χ4v) is 3.71. The first-order valence-corrected chi connectivity index (χ1v) is 8.89.